The van der Waals surface area contributed by atoms with E-state index >= 15 is 0 Å². The van der Waals surface area contributed by atoms with Gasteiger partial charge in [0.05, 0.1) is 17.6 Å². The van der Waals surface area contributed by atoms with Gasteiger partial charge in [-0.25, -0.2) is 18.8 Å². The Morgan fingerprint density at radius 3 is 2.56 bits per heavy atom. The van der Waals surface area contributed by atoms with Crippen LogP contribution in [-0.2, 0) is 0 Å². The minimum Gasteiger partial charge on any atom is -0.381 e. The summed E-state index contributed by atoms with van der Waals surface area (Å²) in [7, 11) is 0. The van der Waals surface area contributed by atoms with Crippen LogP contribution >= 0.6 is 0 Å². The molecule has 3 heterocycles. The van der Waals surface area contributed by atoms with Crippen LogP contribution in [0.2, 0.25) is 0 Å². The Hall–Kier alpha value is -3.21. The topological polar surface area (TPSA) is 130 Å². The molecule has 2 aliphatic heterocycles. The molecule has 2 atom stereocenters. The van der Waals surface area contributed by atoms with Crippen molar-refractivity contribution in [2.24, 2.45) is 11.1 Å². The molecule has 5 rings (SSSR count). The van der Waals surface area contributed by atoms with Gasteiger partial charge in [0.25, 0.3) is 0 Å². The highest BCUT2D eigenvalue weighted by molar-refractivity contribution is 5.94. The Morgan fingerprint density at radius 2 is 1.92 bits per heavy atom. The van der Waals surface area contributed by atoms with Crippen LogP contribution in [0.4, 0.5) is 31.9 Å². The molecule has 3 fully saturated rings. The Bertz CT molecular complexity index is 1110. The summed E-state index contributed by atoms with van der Waals surface area (Å²) in [5.41, 5.74) is 13.8. The number of amidine groups is 1. The number of fused-ring (bicyclic) bond motifs is 1. The first-order valence-corrected chi connectivity index (χ1v) is 12.6. The second-order valence-electron chi connectivity index (χ2n) is 9.93. The zero-order valence-corrected chi connectivity index (χ0v) is 20.9. The van der Waals surface area contributed by atoms with Crippen LogP contribution in [0.25, 0.3) is 0 Å². The van der Waals surface area contributed by atoms with E-state index < -0.39 is 11.6 Å². The van der Waals surface area contributed by atoms with Crippen molar-refractivity contribution in [2.75, 3.05) is 29.1 Å². The second-order valence-corrected chi connectivity index (χ2v) is 9.93. The van der Waals surface area contributed by atoms with E-state index in [-0.39, 0.29) is 30.6 Å². The molecule has 0 radical (unpaired) electrons. The lowest BCUT2D eigenvalue weighted by Gasteiger charge is -2.43. The van der Waals surface area contributed by atoms with Crippen molar-refractivity contribution >= 4 is 29.0 Å². The van der Waals surface area contributed by atoms with Crippen molar-refractivity contribution in [1.29, 1.82) is 10.9 Å². The summed E-state index contributed by atoms with van der Waals surface area (Å²) in [6, 6.07) is 3.74. The van der Waals surface area contributed by atoms with Gasteiger partial charge in [0, 0.05) is 7.47 Å². The molecular formula is C25H37F2N9. The Morgan fingerprint density at radius 1 is 1.17 bits per heavy atom. The molecule has 0 spiro atoms. The van der Waals surface area contributed by atoms with Gasteiger partial charge in [0.1, 0.15) is 11.7 Å². The lowest BCUT2D eigenvalue weighted by atomic mass is 9.85. The number of nitrogens with two attached hydrogens (primary N) is 1. The summed E-state index contributed by atoms with van der Waals surface area (Å²) >= 11 is 0. The number of nitrogens with one attached hydrogen (secondary N) is 3. The van der Waals surface area contributed by atoms with E-state index in [0.717, 1.165) is 36.0 Å². The largest absolute Gasteiger partial charge is 0.381 e. The van der Waals surface area contributed by atoms with Crippen LogP contribution in [0, 0.1) is 28.5 Å². The van der Waals surface area contributed by atoms with Crippen LogP contribution in [0.3, 0.4) is 0 Å². The lowest BCUT2D eigenvalue weighted by molar-refractivity contribution is 0.0674. The highest BCUT2D eigenvalue weighted by Crippen LogP contribution is 2.46. The second kappa shape index (κ2) is 11.2. The Labute approximate surface area is 212 Å². The van der Waals surface area contributed by atoms with Crippen molar-refractivity contribution < 1.29 is 10.2 Å². The summed E-state index contributed by atoms with van der Waals surface area (Å²) in [5.74, 6) is -0.561. The summed E-state index contributed by atoms with van der Waals surface area (Å²) < 4.78 is 27.6. The summed E-state index contributed by atoms with van der Waals surface area (Å²) in [6.45, 7) is 6.68. The van der Waals surface area contributed by atoms with Crippen molar-refractivity contribution in [1.82, 2.24) is 14.9 Å². The fraction of sp³-hybridized carbons (Fsp3) is 0.560. The molecule has 0 bridgehead atoms. The summed E-state index contributed by atoms with van der Waals surface area (Å²) in [6.07, 6.45) is 10.0. The first kappa shape index (κ1) is 25.9. The maximum absolute atomic E-state index is 14.5. The van der Waals surface area contributed by atoms with Crippen LogP contribution in [0.15, 0.2) is 23.6 Å². The van der Waals surface area contributed by atoms with Crippen LogP contribution in [0.5, 0.6) is 0 Å². The fourth-order valence-corrected chi connectivity index (χ4v) is 5.20. The van der Waals surface area contributed by atoms with Crippen LogP contribution in [-0.4, -0.2) is 39.8 Å². The number of hydrogen-bond acceptors (Lipinski definition) is 8. The minimum atomic E-state index is -0.769. The van der Waals surface area contributed by atoms with Crippen molar-refractivity contribution in [3.8, 4) is 0 Å². The molecule has 3 aliphatic rings. The molecule has 2 saturated heterocycles. The van der Waals surface area contributed by atoms with E-state index in [0.29, 0.717) is 11.3 Å². The van der Waals surface area contributed by atoms with Gasteiger partial charge in [-0.1, -0.05) is 18.6 Å². The number of aromatic nitrogens is 2. The molecule has 1 aliphatic carbocycles. The monoisotopic (exact) mass is 501 g/mol. The van der Waals surface area contributed by atoms with Gasteiger partial charge in [0.2, 0.25) is 5.95 Å². The van der Waals surface area contributed by atoms with Crippen molar-refractivity contribution in [2.45, 2.75) is 70.8 Å². The molecule has 0 unspecified atom stereocenters. The Balaban J connectivity index is 0.000000264. The minimum absolute atomic E-state index is 0. The van der Waals surface area contributed by atoms with E-state index in [1.54, 1.807) is 0 Å². The van der Waals surface area contributed by atoms with E-state index in [1.165, 1.54) is 64.3 Å². The standard InChI is InChI=1S/C15H16F2N8.C10H19N.H2/c1-7(18)25(24-20)13-5-12(10(16)4-9(13)8-2-3-8)22-15-21-6-11(17)14(19)23-15;1-9-5-4-8-11-7-3-2-6-10(9)11;/h4-6,8,18,20H,2-3H2,1H3,(H3,19,21,22,23);9-10H,2-8H2,1H3;1H/t;9-,10-;/m.1./s1. The van der Waals surface area contributed by atoms with E-state index in [1.807, 2.05) is 0 Å². The highest BCUT2D eigenvalue weighted by Gasteiger charge is 2.31. The molecule has 5 N–H and O–H groups in total. The number of nitrogen functional groups attached to an aromatic ring is 1. The predicted molar refractivity (Wildman–Crippen MR) is 139 cm³/mol. The maximum atomic E-state index is 14.5. The van der Waals surface area contributed by atoms with Gasteiger partial charge in [-0.15, -0.1) is 0 Å². The molecule has 1 aromatic heterocycles. The number of rotatable bonds is 5. The van der Waals surface area contributed by atoms with Gasteiger partial charge in [0.15, 0.2) is 11.6 Å². The van der Waals surface area contributed by atoms with Crippen LogP contribution in [0.1, 0.15) is 71.7 Å². The average Bonchev–Trinajstić information content (AvgIpc) is 3.70. The zero-order valence-electron chi connectivity index (χ0n) is 20.9. The van der Waals surface area contributed by atoms with Crippen molar-refractivity contribution in [3.05, 3.63) is 35.5 Å². The molecule has 11 heteroatoms. The molecule has 36 heavy (non-hydrogen) atoms. The summed E-state index contributed by atoms with van der Waals surface area (Å²) in [5, 5.41) is 14.8. The quantitative estimate of drug-likeness (QED) is 0.166. The molecule has 9 nitrogen and oxygen atoms in total. The summed E-state index contributed by atoms with van der Waals surface area (Å²) in [4.78, 5) is 10.1. The number of benzene rings is 1. The van der Waals surface area contributed by atoms with Gasteiger partial charge < -0.3 is 16.0 Å². The molecule has 1 saturated carbocycles. The highest BCUT2D eigenvalue weighted by atomic mass is 19.1. The van der Waals surface area contributed by atoms with E-state index in [4.69, 9.17) is 16.7 Å². The van der Waals surface area contributed by atoms with Crippen LogP contribution < -0.4 is 16.1 Å². The number of hydrogen-bond donors (Lipinski definition) is 4. The van der Waals surface area contributed by atoms with E-state index in [9.17, 15) is 8.78 Å². The normalized spacial score (nSPS) is 21.6. The molecule has 2 aromatic rings. The third-order valence-corrected chi connectivity index (χ3v) is 7.22. The third-order valence-electron chi connectivity index (χ3n) is 7.22. The third kappa shape index (κ3) is 5.95. The molecule has 196 valence electrons. The fourth-order valence-electron chi connectivity index (χ4n) is 5.20. The SMILES string of the molecule is CC(=N)N(N=N)c1cc(Nc2ncc(F)c(N)n2)c(F)cc1C1CC1.C[C@@H]1CCCN2CCCC[C@H]12.[HH]. The van der Waals surface area contributed by atoms with Gasteiger partial charge >= 0.3 is 0 Å². The first-order valence-electron chi connectivity index (χ1n) is 12.6. The van der Waals surface area contributed by atoms with Gasteiger partial charge in [-0.3, -0.25) is 5.41 Å². The molecule has 1 aromatic carbocycles. The number of nitrogens with zero attached hydrogens (tertiary/aromatic N) is 5. The molecule has 0 amide bonds. The first-order chi connectivity index (χ1) is 17.3. The van der Waals surface area contributed by atoms with E-state index in [2.05, 4.69) is 32.3 Å². The number of halogens is 2. The number of piperidine rings is 2. The van der Waals surface area contributed by atoms with Gasteiger partial charge in [-0.05, 0) is 88.1 Å². The maximum Gasteiger partial charge on any atom is 0.229 e. The average molecular weight is 502 g/mol. The zero-order chi connectivity index (χ0) is 25.8. The van der Waals surface area contributed by atoms with Crippen molar-refractivity contribution in [3.63, 3.8) is 0 Å². The Kier molecular flexibility index (Phi) is 8.07. The molecular weight excluding hydrogens is 464 g/mol. The predicted octanol–water partition coefficient (Wildman–Crippen LogP) is 6.22. The smallest absolute Gasteiger partial charge is 0.229 e. The lowest BCUT2D eigenvalue weighted by Crippen LogP contribution is -2.46. The number of anilines is 4. The van der Waals surface area contributed by atoms with Gasteiger partial charge in [-0.2, -0.15) is 10.5 Å².